The third-order valence-electron chi connectivity index (χ3n) is 5.76. The lowest BCUT2D eigenvalue weighted by molar-refractivity contribution is 0.0213. The third kappa shape index (κ3) is 10.0. The molecule has 0 radical (unpaired) electrons. The minimum atomic E-state index is -0.673. The summed E-state index contributed by atoms with van der Waals surface area (Å²) in [5, 5.41) is 8.76. The first-order valence-corrected chi connectivity index (χ1v) is 13.7. The van der Waals surface area contributed by atoms with Crippen LogP contribution in [0.15, 0.2) is 58.7 Å². The molecular formula is C30H40F2N6O4. The number of hydrazone groups is 2. The second-order valence-electron chi connectivity index (χ2n) is 11.7. The van der Waals surface area contributed by atoms with E-state index < -0.39 is 36.7 Å². The van der Waals surface area contributed by atoms with Gasteiger partial charge in [0.1, 0.15) is 24.6 Å². The number of alkyl halides is 2. The van der Waals surface area contributed by atoms with Crippen LogP contribution >= 0.6 is 0 Å². The first-order chi connectivity index (χ1) is 19.8. The smallest absolute Gasteiger partial charge is 0.410 e. The van der Waals surface area contributed by atoms with Crippen LogP contribution in [0.4, 0.5) is 18.4 Å². The van der Waals surface area contributed by atoms with Crippen LogP contribution < -0.4 is 10.9 Å². The second kappa shape index (κ2) is 14.1. The Hall–Kier alpha value is -4.22. The van der Waals surface area contributed by atoms with Gasteiger partial charge in [0.25, 0.3) is 0 Å². The lowest BCUT2D eigenvalue weighted by Crippen LogP contribution is -2.37. The van der Waals surface area contributed by atoms with Gasteiger partial charge in [0.05, 0.1) is 13.1 Å². The van der Waals surface area contributed by atoms with E-state index in [4.69, 9.17) is 9.47 Å². The molecule has 2 N–H and O–H groups in total. The van der Waals surface area contributed by atoms with Crippen molar-refractivity contribution in [3.8, 4) is 0 Å². The normalized spacial score (nSPS) is 13.2. The molecule has 228 valence electrons. The highest BCUT2D eigenvalue weighted by molar-refractivity contribution is 6.05. The highest BCUT2D eigenvalue weighted by Crippen LogP contribution is 2.16. The average Bonchev–Trinajstić information content (AvgIpc) is 2.92. The van der Waals surface area contributed by atoms with Crippen molar-refractivity contribution in [2.24, 2.45) is 10.2 Å². The summed E-state index contributed by atoms with van der Waals surface area (Å²) >= 11 is 0. The highest BCUT2D eigenvalue weighted by Gasteiger charge is 2.23. The Morgan fingerprint density at radius 3 is 1.26 bits per heavy atom. The first-order valence-electron chi connectivity index (χ1n) is 13.7. The number of amides is 2. The zero-order valence-electron chi connectivity index (χ0n) is 25.0. The Morgan fingerprint density at radius 2 is 1.00 bits per heavy atom. The van der Waals surface area contributed by atoms with Crippen LogP contribution in [0.25, 0.3) is 0 Å². The zero-order valence-corrected chi connectivity index (χ0v) is 25.0. The minimum absolute atomic E-state index is 0.0626. The van der Waals surface area contributed by atoms with E-state index in [-0.39, 0.29) is 26.2 Å². The van der Waals surface area contributed by atoms with Gasteiger partial charge in [-0.05, 0) is 52.7 Å². The van der Waals surface area contributed by atoms with Gasteiger partial charge in [-0.3, -0.25) is 10.9 Å². The van der Waals surface area contributed by atoms with Crippen LogP contribution in [-0.4, -0.2) is 71.3 Å². The third-order valence-corrected chi connectivity index (χ3v) is 5.76. The molecule has 1 aliphatic rings. The molecule has 10 nitrogen and oxygen atoms in total. The SMILES string of the molecule is CC(C)(C)OC(=O)N(CCF)Cc1ccc(C2=NNC(c3ccc(CN(CCF)C(=O)OC(C)(C)C)cc3)=NN2)cc1. The van der Waals surface area contributed by atoms with Crippen LogP contribution in [0.2, 0.25) is 0 Å². The molecule has 1 aliphatic heterocycles. The maximum Gasteiger partial charge on any atom is 0.410 e. The molecule has 2 aromatic rings. The summed E-state index contributed by atoms with van der Waals surface area (Å²) in [6, 6.07) is 14.6. The Bertz CT molecular complexity index is 1170. The molecule has 0 spiro atoms. The number of carbonyl (C=O) groups excluding carboxylic acids is 2. The minimum Gasteiger partial charge on any atom is -0.444 e. The van der Waals surface area contributed by atoms with E-state index in [2.05, 4.69) is 21.1 Å². The molecule has 0 bridgehead atoms. The van der Waals surface area contributed by atoms with Crippen molar-refractivity contribution in [2.75, 3.05) is 26.4 Å². The molecule has 0 atom stereocenters. The van der Waals surface area contributed by atoms with Crippen LogP contribution in [0.5, 0.6) is 0 Å². The molecule has 12 heteroatoms. The van der Waals surface area contributed by atoms with Gasteiger partial charge in [0.15, 0.2) is 11.7 Å². The number of hydrogen-bond donors (Lipinski definition) is 2. The average molecular weight is 587 g/mol. The highest BCUT2D eigenvalue weighted by atomic mass is 19.1. The molecule has 42 heavy (non-hydrogen) atoms. The van der Waals surface area contributed by atoms with E-state index in [9.17, 15) is 18.4 Å². The van der Waals surface area contributed by atoms with Crippen molar-refractivity contribution in [3.05, 3.63) is 70.8 Å². The van der Waals surface area contributed by atoms with Crippen LogP contribution in [-0.2, 0) is 22.6 Å². The number of nitrogens with one attached hydrogen (secondary N) is 2. The van der Waals surface area contributed by atoms with E-state index in [1.807, 2.05) is 48.5 Å². The fourth-order valence-electron chi connectivity index (χ4n) is 3.83. The first kappa shape index (κ1) is 32.3. The van der Waals surface area contributed by atoms with E-state index in [0.29, 0.717) is 11.7 Å². The number of ether oxygens (including phenoxy) is 2. The summed E-state index contributed by atoms with van der Waals surface area (Å²) in [5.41, 5.74) is 7.67. The topological polar surface area (TPSA) is 108 Å². The molecule has 0 unspecified atom stereocenters. The molecule has 3 rings (SSSR count). The second-order valence-corrected chi connectivity index (χ2v) is 11.7. The Morgan fingerprint density at radius 1 is 0.667 bits per heavy atom. The van der Waals surface area contributed by atoms with Crippen LogP contribution in [0.1, 0.15) is 63.8 Å². The van der Waals surface area contributed by atoms with E-state index >= 15 is 0 Å². The largest absolute Gasteiger partial charge is 0.444 e. The number of hydrogen-bond acceptors (Lipinski definition) is 8. The standard InChI is InChI=1S/C30H40F2N6O4/c1-29(2,3)41-27(39)37(17-15-31)19-21-7-11-23(12-8-21)25-33-35-26(36-34-25)24-13-9-22(10-14-24)20-38(18-16-32)28(40)42-30(4,5)6/h7-14H,15-20H2,1-6H3,(H,33,34)(H,35,36). The van der Waals surface area contributed by atoms with Gasteiger partial charge >= 0.3 is 12.2 Å². The fraction of sp³-hybridized carbons (Fsp3) is 0.467. The predicted octanol–water partition coefficient (Wildman–Crippen LogP) is 5.32. The zero-order chi connectivity index (χ0) is 30.9. The van der Waals surface area contributed by atoms with Gasteiger partial charge in [0.2, 0.25) is 0 Å². The summed E-state index contributed by atoms with van der Waals surface area (Å²) in [4.78, 5) is 27.5. The van der Waals surface area contributed by atoms with Gasteiger partial charge < -0.3 is 19.3 Å². The molecule has 0 aromatic heterocycles. The fourth-order valence-corrected chi connectivity index (χ4v) is 3.83. The van der Waals surface area contributed by atoms with Crippen molar-refractivity contribution < 1.29 is 27.8 Å². The molecule has 0 saturated heterocycles. The molecule has 0 fully saturated rings. The van der Waals surface area contributed by atoms with E-state index in [1.165, 1.54) is 9.80 Å². The van der Waals surface area contributed by atoms with E-state index in [0.717, 1.165) is 22.3 Å². The molecule has 0 aliphatic carbocycles. The van der Waals surface area contributed by atoms with Gasteiger partial charge in [-0.1, -0.05) is 48.5 Å². The van der Waals surface area contributed by atoms with Crippen molar-refractivity contribution in [1.82, 2.24) is 20.7 Å². The molecule has 2 amide bonds. The monoisotopic (exact) mass is 586 g/mol. The van der Waals surface area contributed by atoms with Gasteiger partial charge in [-0.2, -0.15) is 10.2 Å². The summed E-state index contributed by atoms with van der Waals surface area (Å²) in [5.74, 6) is 0.989. The Labute approximate surface area is 245 Å². The number of nitrogens with zero attached hydrogens (tertiary/aromatic N) is 4. The molecule has 1 heterocycles. The Kier molecular flexibility index (Phi) is 10.8. The van der Waals surface area contributed by atoms with Gasteiger partial charge in [-0.15, -0.1) is 0 Å². The van der Waals surface area contributed by atoms with Crippen LogP contribution in [0, 0.1) is 0 Å². The van der Waals surface area contributed by atoms with Crippen molar-refractivity contribution >= 4 is 23.9 Å². The number of rotatable bonds is 10. The lowest BCUT2D eigenvalue weighted by Gasteiger charge is -2.27. The maximum absolute atomic E-state index is 13.1. The van der Waals surface area contributed by atoms with E-state index in [1.54, 1.807) is 41.5 Å². The molecule has 2 aromatic carbocycles. The number of halogens is 2. The van der Waals surface area contributed by atoms with Gasteiger partial charge in [-0.25, -0.2) is 18.4 Å². The Balaban J connectivity index is 1.59. The number of amidine groups is 2. The molecular weight excluding hydrogens is 546 g/mol. The number of benzene rings is 2. The maximum atomic E-state index is 13.1. The number of carbonyl (C=O) groups is 2. The predicted molar refractivity (Wildman–Crippen MR) is 157 cm³/mol. The summed E-state index contributed by atoms with van der Waals surface area (Å²) in [7, 11) is 0. The van der Waals surface area contributed by atoms with Gasteiger partial charge in [0, 0.05) is 24.2 Å². The van der Waals surface area contributed by atoms with Crippen molar-refractivity contribution in [1.29, 1.82) is 0 Å². The summed E-state index contributed by atoms with van der Waals surface area (Å²) in [6.07, 6.45) is -1.14. The van der Waals surface area contributed by atoms with Crippen LogP contribution in [0.3, 0.4) is 0 Å². The summed E-state index contributed by atoms with van der Waals surface area (Å²) in [6.45, 7) is 9.54. The quantitative estimate of drug-likeness (QED) is 0.391. The molecule has 0 saturated carbocycles. The van der Waals surface area contributed by atoms with Crippen molar-refractivity contribution in [3.63, 3.8) is 0 Å². The summed E-state index contributed by atoms with van der Waals surface area (Å²) < 4.78 is 36.9. The van der Waals surface area contributed by atoms with Crippen molar-refractivity contribution in [2.45, 2.75) is 65.8 Å². The lowest BCUT2D eigenvalue weighted by atomic mass is 10.1.